The van der Waals surface area contributed by atoms with Gasteiger partial charge in [0.25, 0.3) is 0 Å². The van der Waals surface area contributed by atoms with E-state index in [4.69, 9.17) is 9.47 Å². The van der Waals surface area contributed by atoms with Crippen molar-refractivity contribution in [2.45, 2.75) is 19.4 Å². The Kier molecular flexibility index (Phi) is 2.75. The van der Waals surface area contributed by atoms with Crippen molar-refractivity contribution >= 4 is 0 Å². The van der Waals surface area contributed by atoms with E-state index in [2.05, 4.69) is 13.5 Å². The van der Waals surface area contributed by atoms with Gasteiger partial charge in [0.15, 0.2) is 0 Å². The molecule has 0 radical (unpaired) electrons. The van der Waals surface area contributed by atoms with Gasteiger partial charge in [0.05, 0.1) is 19.0 Å². The fourth-order valence-corrected chi connectivity index (χ4v) is 1.10. The van der Waals surface area contributed by atoms with E-state index in [1.807, 2.05) is 0 Å². The monoisotopic (exact) mass is 142 g/mol. The van der Waals surface area contributed by atoms with E-state index in [9.17, 15) is 0 Å². The first-order chi connectivity index (χ1) is 4.88. The molecular weight excluding hydrogens is 128 g/mol. The summed E-state index contributed by atoms with van der Waals surface area (Å²) in [5.74, 6) is 0.708. The summed E-state index contributed by atoms with van der Waals surface area (Å²) in [6, 6.07) is 0. The lowest BCUT2D eigenvalue weighted by Crippen LogP contribution is -2.42. The molecule has 2 nitrogen and oxygen atoms in total. The molecule has 0 aromatic rings. The Balaban J connectivity index is 2.10. The Morgan fingerprint density at radius 3 is 3.00 bits per heavy atom. The van der Waals surface area contributed by atoms with Gasteiger partial charge in [-0.1, -0.05) is 13.5 Å². The van der Waals surface area contributed by atoms with Gasteiger partial charge in [0, 0.05) is 5.92 Å². The molecule has 2 heteroatoms. The van der Waals surface area contributed by atoms with E-state index in [-0.39, 0.29) is 0 Å². The van der Waals surface area contributed by atoms with E-state index < -0.39 is 0 Å². The van der Waals surface area contributed by atoms with Gasteiger partial charge in [0.2, 0.25) is 0 Å². The molecule has 1 saturated heterocycles. The Morgan fingerprint density at radius 2 is 2.60 bits per heavy atom. The van der Waals surface area contributed by atoms with Crippen LogP contribution in [0.2, 0.25) is 0 Å². The quantitative estimate of drug-likeness (QED) is 0.555. The molecule has 0 saturated carbocycles. The molecule has 0 aromatic carbocycles. The number of rotatable bonds is 4. The lowest BCUT2D eigenvalue weighted by molar-refractivity contribution is -0.137. The molecule has 0 bridgehead atoms. The minimum absolute atomic E-state index is 0.322. The van der Waals surface area contributed by atoms with Crippen molar-refractivity contribution in [2.75, 3.05) is 13.2 Å². The van der Waals surface area contributed by atoms with E-state index in [1.165, 1.54) is 12.7 Å². The number of ether oxygens (including phenoxy) is 2. The smallest absolute Gasteiger partial charge is 0.114 e. The third kappa shape index (κ3) is 1.51. The van der Waals surface area contributed by atoms with Crippen molar-refractivity contribution in [3.05, 3.63) is 12.8 Å². The van der Waals surface area contributed by atoms with Crippen molar-refractivity contribution in [2.24, 2.45) is 5.92 Å². The molecule has 1 fully saturated rings. The first kappa shape index (κ1) is 7.61. The Bertz CT molecular complexity index is 110. The van der Waals surface area contributed by atoms with E-state index in [1.54, 1.807) is 0 Å². The molecule has 2 atom stereocenters. The van der Waals surface area contributed by atoms with Crippen LogP contribution >= 0.6 is 0 Å². The summed E-state index contributed by atoms with van der Waals surface area (Å²) in [7, 11) is 0. The highest BCUT2D eigenvalue weighted by Gasteiger charge is 2.30. The molecule has 1 rings (SSSR count). The summed E-state index contributed by atoms with van der Waals surface area (Å²) >= 11 is 0. The van der Waals surface area contributed by atoms with Gasteiger partial charge in [-0.05, 0) is 6.42 Å². The maximum absolute atomic E-state index is 5.26. The summed E-state index contributed by atoms with van der Waals surface area (Å²) in [5, 5.41) is 0. The van der Waals surface area contributed by atoms with Crippen LogP contribution in [0.15, 0.2) is 12.8 Å². The molecular formula is C8H14O2. The van der Waals surface area contributed by atoms with E-state index in [0.717, 1.165) is 6.61 Å². The van der Waals surface area contributed by atoms with Crippen molar-refractivity contribution in [1.82, 2.24) is 0 Å². The van der Waals surface area contributed by atoms with Crippen LogP contribution < -0.4 is 0 Å². The molecule has 10 heavy (non-hydrogen) atoms. The van der Waals surface area contributed by atoms with Crippen LogP contribution in [0.5, 0.6) is 0 Å². The molecule has 1 heterocycles. The van der Waals surface area contributed by atoms with Crippen LogP contribution in [-0.4, -0.2) is 19.3 Å². The average Bonchev–Trinajstić information content (AvgIpc) is 1.88. The SMILES string of the molecule is C=COCC1OCC1CC. The third-order valence-corrected chi connectivity index (χ3v) is 1.95. The second kappa shape index (κ2) is 3.62. The van der Waals surface area contributed by atoms with Gasteiger partial charge in [-0.2, -0.15) is 0 Å². The van der Waals surface area contributed by atoms with E-state index in [0.29, 0.717) is 18.6 Å². The highest BCUT2D eigenvalue weighted by Crippen LogP contribution is 2.23. The lowest BCUT2D eigenvalue weighted by Gasteiger charge is -2.35. The summed E-state index contributed by atoms with van der Waals surface area (Å²) in [6.07, 6.45) is 2.97. The topological polar surface area (TPSA) is 18.5 Å². The Labute approximate surface area is 61.8 Å². The summed E-state index contributed by atoms with van der Waals surface area (Å²) in [5.41, 5.74) is 0. The first-order valence-electron chi connectivity index (χ1n) is 3.72. The normalized spacial score (nSPS) is 30.9. The summed E-state index contributed by atoms with van der Waals surface area (Å²) in [4.78, 5) is 0. The predicted molar refractivity (Wildman–Crippen MR) is 39.7 cm³/mol. The van der Waals surface area contributed by atoms with Crippen molar-refractivity contribution in [3.63, 3.8) is 0 Å². The van der Waals surface area contributed by atoms with Crippen molar-refractivity contribution in [1.29, 1.82) is 0 Å². The highest BCUT2D eigenvalue weighted by molar-refractivity contribution is 4.77. The van der Waals surface area contributed by atoms with Crippen LogP contribution in [0.1, 0.15) is 13.3 Å². The second-order valence-corrected chi connectivity index (χ2v) is 2.54. The zero-order valence-electron chi connectivity index (χ0n) is 6.38. The minimum Gasteiger partial charge on any atom is -0.499 e. The van der Waals surface area contributed by atoms with Gasteiger partial charge in [-0.15, -0.1) is 0 Å². The Hall–Kier alpha value is -0.500. The number of hydrogen-bond donors (Lipinski definition) is 0. The van der Waals surface area contributed by atoms with Crippen molar-refractivity contribution < 1.29 is 9.47 Å². The maximum atomic E-state index is 5.26. The van der Waals surface area contributed by atoms with Gasteiger partial charge >= 0.3 is 0 Å². The van der Waals surface area contributed by atoms with Gasteiger partial charge in [0.1, 0.15) is 6.61 Å². The van der Waals surface area contributed by atoms with Crippen LogP contribution in [0.3, 0.4) is 0 Å². The standard InChI is InChI=1S/C8H14O2/c1-3-7-5-10-8(7)6-9-4-2/h4,7-8H,2-3,5-6H2,1H3. The highest BCUT2D eigenvalue weighted by atomic mass is 16.5. The van der Waals surface area contributed by atoms with Crippen molar-refractivity contribution in [3.8, 4) is 0 Å². The molecule has 0 spiro atoms. The molecule has 0 amide bonds. The maximum Gasteiger partial charge on any atom is 0.114 e. The zero-order chi connectivity index (χ0) is 7.40. The van der Waals surface area contributed by atoms with Crippen LogP contribution in [0.25, 0.3) is 0 Å². The number of hydrogen-bond acceptors (Lipinski definition) is 2. The second-order valence-electron chi connectivity index (χ2n) is 2.54. The first-order valence-corrected chi connectivity index (χ1v) is 3.72. The van der Waals surface area contributed by atoms with Crippen LogP contribution in [0, 0.1) is 5.92 Å². The molecule has 0 aliphatic carbocycles. The van der Waals surface area contributed by atoms with Gasteiger partial charge in [-0.3, -0.25) is 0 Å². The molecule has 0 N–H and O–H groups in total. The van der Waals surface area contributed by atoms with Gasteiger partial charge < -0.3 is 9.47 Å². The van der Waals surface area contributed by atoms with Crippen LogP contribution in [0.4, 0.5) is 0 Å². The molecule has 0 aromatic heterocycles. The fourth-order valence-electron chi connectivity index (χ4n) is 1.10. The minimum atomic E-state index is 0.322. The fraction of sp³-hybridized carbons (Fsp3) is 0.750. The third-order valence-electron chi connectivity index (χ3n) is 1.95. The van der Waals surface area contributed by atoms with Gasteiger partial charge in [-0.25, -0.2) is 0 Å². The largest absolute Gasteiger partial charge is 0.499 e. The van der Waals surface area contributed by atoms with Crippen LogP contribution in [-0.2, 0) is 9.47 Å². The molecule has 58 valence electrons. The average molecular weight is 142 g/mol. The Morgan fingerprint density at radius 1 is 1.80 bits per heavy atom. The zero-order valence-corrected chi connectivity index (χ0v) is 6.38. The molecule has 1 aliphatic heterocycles. The molecule has 1 aliphatic rings. The lowest BCUT2D eigenvalue weighted by atomic mass is 9.96. The summed E-state index contributed by atoms with van der Waals surface area (Å²) in [6.45, 7) is 7.21. The molecule has 2 unspecified atom stereocenters. The summed E-state index contributed by atoms with van der Waals surface area (Å²) < 4.78 is 10.3. The van der Waals surface area contributed by atoms with E-state index >= 15 is 0 Å². The predicted octanol–water partition coefficient (Wildman–Crippen LogP) is 1.57.